The van der Waals surface area contributed by atoms with Crippen LogP contribution < -0.4 is 11.1 Å². The molecule has 0 aliphatic carbocycles. The average molecular weight is 263 g/mol. The van der Waals surface area contributed by atoms with E-state index >= 15 is 0 Å². The molecule has 0 aliphatic rings. The maximum absolute atomic E-state index is 11.0. The van der Waals surface area contributed by atoms with Crippen molar-refractivity contribution in [2.24, 2.45) is 11.7 Å². The molecule has 1 rings (SSSR count). The van der Waals surface area contributed by atoms with Gasteiger partial charge in [0.25, 0.3) is 0 Å². The molecule has 0 spiro atoms. The van der Waals surface area contributed by atoms with Gasteiger partial charge in [0.15, 0.2) is 0 Å². The molecule has 1 atom stereocenters. The molecule has 0 amide bonds. The second-order valence-corrected chi connectivity index (χ2v) is 4.63. The van der Waals surface area contributed by atoms with Gasteiger partial charge in [-0.25, -0.2) is 4.98 Å². The first-order chi connectivity index (χ1) is 8.99. The Morgan fingerprint density at radius 1 is 1.63 bits per heavy atom. The van der Waals surface area contributed by atoms with Crippen molar-refractivity contribution in [1.82, 2.24) is 4.98 Å². The number of nitrogens with two attached hydrogens (primary N) is 1. The SMILES string of the molecule is CC(C)CC(CN)Nc1nccc(C#N)c1[N+](=O)[O-]. The van der Waals surface area contributed by atoms with Crippen LogP contribution in [0.15, 0.2) is 12.3 Å². The third kappa shape index (κ3) is 3.89. The maximum atomic E-state index is 11.0. The first kappa shape index (κ1) is 14.9. The molecule has 1 unspecified atom stereocenters. The van der Waals surface area contributed by atoms with Crippen LogP contribution in [0.5, 0.6) is 0 Å². The zero-order valence-electron chi connectivity index (χ0n) is 11.0. The minimum Gasteiger partial charge on any atom is -0.360 e. The van der Waals surface area contributed by atoms with E-state index in [0.29, 0.717) is 12.5 Å². The number of hydrogen-bond donors (Lipinski definition) is 2. The number of nitriles is 1. The van der Waals surface area contributed by atoms with Gasteiger partial charge in [-0.3, -0.25) is 10.1 Å². The van der Waals surface area contributed by atoms with Gasteiger partial charge in [0.2, 0.25) is 5.82 Å². The van der Waals surface area contributed by atoms with E-state index in [2.05, 4.69) is 10.3 Å². The molecule has 0 fully saturated rings. The van der Waals surface area contributed by atoms with Crippen molar-refractivity contribution in [2.45, 2.75) is 26.3 Å². The second kappa shape index (κ2) is 6.66. The van der Waals surface area contributed by atoms with Gasteiger partial charge in [0, 0.05) is 18.8 Å². The van der Waals surface area contributed by atoms with Crippen molar-refractivity contribution in [3.8, 4) is 6.07 Å². The summed E-state index contributed by atoms with van der Waals surface area (Å²) in [6.45, 7) is 4.42. The number of hydrogen-bond acceptors (Lipinski definition) is 6. The van der Waals surface area contributed by atoms with Gasteiger partial charge in [-0.1, -0.05) is 13.8 Å². The molecule has 7 heteroatoms. The first-order valence-electron chi connectivity index (χ1n) is 5.99. The van der Waals surface area contributed by atoms with Crippen molar-refractivity contribution in [3.05, 3.63) is 27.9 Å². The molecule has 0 radical (unpaired) electrons. The lowest BCUT2D eigenvalue weighted by atomic mass is 10.0. The van der Waals surface area contributed by atoms with Crippen LogP contribution >= 0.6 is 0 Å². The molecule has 0 aliphatic heterocycles. The standard InChI is InChI=1S/C12H17N5O2/c1-8(2)5-10(7-14)16-12-11(17(18)19)9(6-13)3-4-15-12/h3-4,8,10H,5,7,14H2,1-2H3,(H,15,16). The fourth-order valence-corrected chi connectivity index (χ4v) is 1.81. The molecule has 0 aromatic carbocycles. The van der Waals surface area contributed by atoms with E-state index < -0.39 is 4.92 Å². The molecule has 1 heterocycles. The Kier molecular flexibility index (Phi) is 5.21. The fraction of sp³-hybridized carbons (Fsp3) is 0.500. The van der Waals surface area contributed by atoms with Crippen LogP contribution in [0, 0.1) is 27.4 Å². The monoisotopic (exact) mass is 263 g/mol. The third-order valence-corrected chi connectivity index (χ3v) is 2.61. The van der Waals surface area contributed by atoms with E-state index in [9.17, 15) is 10.1 Å². The van der Waals surface area contributed by atoms with E-state index in [4.69, 9.17) is 11.0 Å². The highest BCUT2D eigenvalue weighted by molar-refractivity contribution is 5.64. The van der Waals surface area contributed by atoms with Crippen LogP contribution in [-0.2, 0) is 0 Å². The van der Waals surface area contributed by atoms with E-state index in [1.807, 2.05) is 13.8 Å². The Hall–Kier alpha value is -2.20. The van der Waals surface area contributed by atoms with Crippen LogP contribution in [0.1, 0.15) is 25.8 Å². The predicted octanol–water partition coefficient (Wildman–Crippen LogP) is 1.65. The normalized spacial score (nSPS) is 11.9. The Morgan fingerprint density at radius 3 is 2.79 bits per heavy atom. The number of rotatable bonds is 6. The number of nitro groups is 1. The number of pyridine rings is 1. The van der Waals surface area contributed by atoms with Crippen molar-refractivity contribution >= 4 is 11.5 Å². The number of aromatic nitrogens is 1. The number of nitrogens with one attached hydrogen (secondary N) is 1. The Morgan fingerprint density at radius 2 is 2.32 bits per heavy atom. The van der Waals surface area contributed by atoms with E-state index in [1.165, 1.54) is 12.3 Å². The summed E-state index contributed by atoms with van der Waals surface area (Å²) >= 11 is 0. The lowest BCUT2D eigenvalue weighted by Crippen LogP contribution is -2.31. The summed E-state index contributed by atoms with van der Waals surface area (Å²) in [6.07, 6.45) is 2.14. The Labute approximate surface area is 111 Å². The van der Waals surface area contributed by atoms with Crippen molar-refractivity contribution < 1.29 is 4.92 Å². The molecule has 0 saturated heterocycles. The predicted molar refractivity (Wildman–Crippen MR) is 71.5 cm³/mol. The van der Waals surface area contributed by atoms with Gasteiger partial charge >= 0.3 is 5.69 Å². The molecule has 0 saturated carbocycles. The van der Waals surface area contributed by atoms with Crippen LogP contribution in [0.2, 0.25) is 0 Å². The molecule has 102 valence electrons. The molecule has 1 aromatic heterocycles. The summed E-state index contributed by atoms with van der Waals surface area (Å²) in [6, 6.07) is 3.01. The topological polar surface area (TPSA) is 118 Å². The Bertz CT molecular complexity index is 495. The largest absolute Gasteiger partial charge is 0.360 e. The molecule has 1 aromatic rings. The molecule has 7 nitrogen and oxygen atoms in total. The second-order valence-electron chi connectivity index (χ2n) is 4.63. The molecular formula is C12H17N5O2. The third-order valence-electron chi connectivity index (χ3n) is 2.61. The van der Waals surface area contributed by atoms with Crippen LogP contribution in [0.4, 0.5) is 11.5 Å². The van der Waals surface area contributed by atoms with Crippen LogP contribution in [0.3, 0.4) is 0 Å². The van der Waals surface area contributed by atoms with E-state index in [0.717, 1.165) is 6.42 Å². The minimum atomic E-state index is -0.600. The first-order valence-corrected chi connectivity index (χ1v) is 5.99. The van der Waals surface area contributed by atoms with Gasteiger partial charge in [-0.15, -0.1) is 0 Å². The zero-order chi connectivity index (χ0) is 14.4. The zero-order valence-corrected chi connectivity index (χ0v) is 11.0. The highest BCUT2D eigenvalue weighted by atomic mass is 16.6. The van der Waals surface area contributed by atoms with E-state index in [1.54, 1.807) is 6.07 Å². The molecule has 3 N–H and O–H groups in total. The van der Waals surface area contributed by atoms with Gasteiger partial charge < -0.3 is 11.1 Å². The summed E-state index contributed by atoms with van der Waals surface area (Å²) in [7, 11) is 0. The summed E-state index contributed by atoms with van der Waals surface area (Å²) in [5, 5.41) is 22.9. The molecule has 19 heavy (non-hydrogen) atoms. The quantitative estimate of drug-likeness (QED) is 0.595. The lowest BCUT2D eigenvalue weighted by molar-refractivity contribution is -0.384. The fourth-order valence-electron chi connectivity index (χ4n) is 1.81. The van der Waals surface area contributed by atoms with Crippen LogP contribution in [0.25, 0.3) is 0 Å². The highest BCUT2D eigenvalue weighted by Gasteiger charge is 2.23. The van der Waals surface area contributed by atoms with Gasteiger partial charge in [-0.05, 0) is 18.4 Å². The Balaban J connectivity index is 3.06. The average Bonchev–Trinajstić information content (AvgIpc) is 2.36. The minimum absolute atomic E-state index is 0.0113. The highest BCUT2D eigenvalue weighted by Crippen LogP contribution is 2.26. The summed E-state index contributed by atoms with van der Waals surface area (Å²) in [5.74, 6) is 0.499. The smallest absolute Gasteiger partial charge is 0.328 e. The summed E-state index contributed by atoms with van der Waals surface area (Å²) in [4.78, 5) is 14.4. The van der Waals surface area contributed by atoms with Gasteiger partial charge in [0.05, 0.1) is 4.92 Å². The van der Waals surface area contributed by atoms with Crippen molar-refractivity contribution in [2.75, 3.05) is 11.9 Å². The summed E-state index contributed by atoms with van der Waals surface area (Å²) < 4.78 is 0. The number of anilines is 1. The van der Waals surface area contributed by atoms with E-state index in [-0.39, 0.29) is 23.1 Å². The van der Waals surface area contributed by atoms with Gasteiger partial charge in [0.1, 0.15) is 11.6 Å². The van der Waals surface area contributed by atoms with Crippen molar-refractivity contribution in [1.29, 1.82) is 5.26 Å². The van der Waals surface area contributed by atoms with Crippen LogP contribution in [-0.4, -0.2) is 22.5 Å². The lowest BCUT2D eigenvalue weighted by Gasteiger charge is -2.19. The number of nitrogens with zero attached hydrogens (tertiary/aromatic N) is 3. The maximum Gasteiger partial charge on any atom is 0.328 e. The summed E-state index contributed by atoms with van der Waals surface area (Å²) in [5.41, 5.74) is 5.33. The van der Waals surface area contributed by atoms with Crippen molar-refractivity contribution in [3.63, 3.8) is 0 Å². The van der Waals surface area contributed by atoms with Gasteiger partial charge in [-0.2, -0.15) is 5.26 Å². The molecular weight excluding hydrogens is 246 g/mol. The molecule has 0 bridgehead atoms.